The molecule has 0 fully saturated rings. The van der Waals surface area contributed by atoms with E-state index in [-0.39, 0.29) is 5.75 Å². The molecular formula is C7H15NO4S. The summed E-state index contributed by atoms with van der Waals surface area (Å²) < 4.78 is 22.0. The average Bonchev–Trinajstić information content (AvgIpc) is 1.99. The zero-order chi connectivity index (χ0) is 10.3. The Labute approximate surface area is 78.1 Å². The van der Waals surface area contributed by atoms with Gasteiger partial charge in [-0.25, -0.2) is 8.42 Å². The first-order valence-corrected chi connectivity index (χ1v) is 5.92. The van der Waals surface area contributed by atoms with Crippen molar-refractivity contribution < 1.29 is 18.3 Å². The van der Waals surface area contributed by atoms with Crippen molar-refractivity contribution in [2.45, 2.75) is 13.3 Å². The van der Waals surface area contributed by atoms with Crippen molar-refractivity contribution in [3.05, 3.63) is 0 Å². The van der Waals surface area contributed by atoms with Gasteiger partial charge in [-0.2, -0.15) is 0 Å². The first kappa shape index (κ1) is 12.4. The Morgan fingerprint density at radius 3 is 2.54 bits per heavy atom. The normalized spacial score (nSPS) is 11.2. The van der Waals surface area contributed by atoms with Crippen LogP contribution in [0.4, 0.5) is 0 Å². The van der Waals surface area contributed by atoms with E-state index < -0.39 is 28.1 Å². The molecule has 0 radical (unpaired) electrons. The third kappa shape index (κ3) is 6.53. The van der Waals surface area contributed by atoms with Gasteiger partial charge in [0, 0.05) is 6.54 Å². The molecule has 0 unspecified atom stereocenters. The van der Waals surface area contributed by atoms with E-state index in [4.69, 9.17) is 5.11 Å². The number of carbonyl (C=O) groups is 1. The van der Waals surface area contributed by atoms with Gasteiger partial charge in [-0.1, -0.05) is 6.92 Å². The van der Waals surface area contributed by atoms with Crippen molar-refractivity contribution in [3.8, 4) is 0 Å². The fourth-order valence-corrected chi connectivity index (χ4v) is 1.65. The van der Waals surface area contributed by atoms with Crippen LogP contribution in [0, 0.1) is 0 Å². The van der Waals surface area contributed by atoms with E-state index >= 15 is 0 Å². The molecule has 78 valence electrons. The maximum atomic E-state index is 11.0. The molecule has 0 rings (SSSR count). The topological polar surface area (TPSA) is 83.5 Å². The fourth-order valence-electron chi connectivity index (χ4n) is 0.726. The molecule has 0 aromatic heterocycles. The van der Waals surface area contributed by atoms with Gasteiger partial charge in [-0.15, -0.1) is 0 Å². The number of amides is 1. The van der Waals surface area contributed by atoms with E-state index in [1.54, 1.807) is 0 Å². The Bertz CT molecular complexity index is 247. The Kier molecular flexibility index (Phi) is 5.65. The van der Waals surface area contributed by atoms with Crippen LogP contribution >= 0.6 is 0 Å². The average molecular weight is 209 g/mol. The molecule has 0 aromatic rings. The summed E-state index contributed by atoms with van der Waals surface area (Å²) in [5.74, 6) is -1.39. The SMILES string of the molecule is CCCNC(=O)CS(=O)(=O)CCO. The van der Waals surface area contributed by atoms with E-state index in [9.17, 15) is 13.2 Å². The van der Waals surface area contributed by atoms with E-state index in [2.05, 4.69) is 5.32 Å². The van der Waals surface area contributed by atoms with Crippen LogP contribution in [0.15, 0.2) is 0 Å². The molecule has 0 aliphatic heterocycles. The summed E-state index contributed by atoms with van der Waals surface area (Å²) in [6.07, 6.45) is 0.770. The van der Waals surface area contributed by atoms with E-state index in [0.717, 1.165) is 6.42 Å². The summed E-state index contributed by atoms with van der Waals surface area (Å²) in [4.78, 5) is 10.9. The molecule has 2 N–H and O–H groups in total. The van der Waals surface area contributed by atoms with Crippen LogP contribution in [0.1, 0.15) is 13.3 Å². The number of aliphatic hydroxyl groups is 1. The molecule has 0 saturated carbocycles. The lowest BCUT2D eigenvalue weighted by Crippen LogP contribution is -2.32. The molecule has 0 saturated heterocycles. The third-order valence-corrected chi connectivity index (χ3v) is 2.83. The van der Waals surface area contributed by atoms with Crippen molar-refractivity contribution in [1.29, 1.82) is 0 Å². The first-order chi connectivity index (χ1) is 6.02. The lowest BCUT2D eigenvalue weighted by atomic mass is 10.5. The molecule has 0 bridgehead atoms. The molecule has 5 nitrogen and oxygen atoms in total. The van der Waals surface area contributed by atoms with Gasteiger partial charge in [0.2, 0.25) is 5.91 Å². The van der Waals surface area contributed by atoms with Gasteiger partial charge in [-0.05, 0) is 6.42 Å². The van der Waals surface area contributed by atoms with Crippen molar-refractivity contribution in [2.24, 2.45) is 0 Å². The number of hydrogen-bond acceptors (Lipinski definition) is 4. The number of rotatable bonds is 6. The van der Waals surface area contributed by atoms with Crippen LogP contribution in [0.2, 0.25) is 0 Å². The van der Waals surface area contributed by atoms with Gasteiger partial charge < -0.3 is 10.4 Å². The lowest BCUT2D eigenvalue weighted by Gasteiger charge is -2.03. The molecule has 0 aliphatic carbocycles. The van der Waals surface area contributed by atoms with Gasteiger partial charge in [0.05, 0.1) is 12.4 Å². The number of carbonyl (C=O) groups excluding carboxylic acids is 1. The van der Waals surface area contributed by atoms with Crippen molar-refractivity contribution in [1.82, 2.24) is 5.32 Å². The number of sulfone groups is 1. The third-order valence-electron chi connectivity index (χ3n) is 1.33. The molecule has 6 heteroatoms. The second-order valence-corrected chi connectivity index (χ2v) is 4.85. The highest BCUT2D eigenvalue weighted by atomic mass is 32.2. The number of nitrogens with one attached hydrogen (secondary N) is 1. The molecule has 0 heterocycles. The van der Waals surface area contributed by atoms with Crippen molar-refractivity contribution in [2.75, 3.05) is 24.7 Å². The molecule has 0 atom stereocenters. The highest BCUT2D eigenvalue weighted by molar-refractivity contribution is 7.92. The summed E-state index contributed by atoms with van der Waals surface area (Å²) in [6, 6.07) is 0. The predicted octanol–water partition coefficient (Wildman–Crippen LogP) is -1.08. The van der Waals surface area contributed by atoms with Crippen LogP contribution in [0.3, 0.4) is 0 Å². The van der Waals surface area contributed by atoms with E-state index in [1.165, 1.54) is 0 Å². The van der Waals surface area contributed by atoms with Gasteiger partial charge in [0.1, 0.15) is 5.75 Å². The van der Waals surface area contributed by atoms with Crippen molar-refractivity contribution in [3.63, 3.8) is 0 Å². The molecule has 13 heavy (non-hydrogen) atoms. The smallest absolute Gasteiger partial charge is 0.235 e. The summed E-state index contributed by atoms with van der Waals surface area (Å²) in [5.41, 5.74) is 0. The maximum Gasteiger partial charge on any atom is 0.235 e. The Balaban J connectivity index is 3.90. The Hall–Kier alpha value is -0.620. The Morgan fingerprint density at radius 1 is 1.46 bits per heavy atom. The minimum Gasteiger partial charge on any atom is -0.395 e. The number of aliphatic hydroxyl groups excluding tert-OH is 1. The minimum absolute atomic E-state index is 0.355. The van der Waals surface area contributed by atoms with Gasteiger partial charge in [-0.3, -0.25) is 4.79 Å². The largest absolute Gasteiger partial charge is 0.395 e. The zero-order valence-electron chi connectivity index (χ0n) is 7.62. The quantitative estimate of drug-likeness (QED) is 0.583. The molecular weight excluding hydrogens is 194 g/mol. The van der Waals surface area contributed by atoms with Crippen LogP contribution in [0.5, 0.6) is 0 Å². The van der Waals surface area contributed by atoms with Gasteiger partial charge in [0.15, 0.2) is 9.84 Å². The van der Waals surface area contributed by atoms with E-state index in [0.29, 0.717) is 6.54 Å². The van der Waals surface area contributed by atoms with Crippen LogP contribution < -0.4 is 5.32 Å². The monoisotopic (exact) mass is 209 g/mol. The molecule has 0 aliphatic rings. The zero-order valence-corrected chi connectivity index (χ0v) is 8.43. The number of hydrogen-bond donors (Lipinski definition) is 2. The molecule has 1 amide bonds. The van der Waals surface area contributed by atoms with Crippen LogP contribution in [0.25, 0.3) is 0 Å². The predicted molar refractivity (Wildman–Crippen MR) is 49.0 cm³/mol. The van der Waals surface area contributed by atoms with E-state index in [1.807, 2.05) is 6.92 Å². The molecule has 0 aromatic carbocycles. The second kappa shape index (κ2) is 5.93. The summed E-state index contributed by atoms with van der Waals surface area (Å²) >= 11 is 0. The summed E-state index contributed by atoms with van der Waals surface area (Å²) in [7, 11) is -3.42. The lowest BCUT2D eigenvalue weighted by molar-refractivity contribution is -0.118. The minimum atomic E-state index is -3.42. The summed E-state index contributed by atoms with van der Waals surface area (Å²) in [5, 5.41) is 10.8. The fraction of sp³-hybridized carbons (Fsp3) is 0.857. The second-order valence-electron chi connectivity index (χ2n) is 2.67. The maximum absolute atomic E-state index is 11.0. The van der Waals surface area contributed by atoms with Gasteiger partial charge >= 0.3 is 0 Å². The van der Waals surface area contributed by atoms with Gasteiger partial charge in [0.25, 0.3) is 0 Å². The van der Waals surface area contributed by atoms with Crippen molar-refractivity contribution >= 4 is 15.7 Å². The highest BCUT2D eigenvalue weighted by Crippen LogP contribution is 1.89. The van der Waals surface area contributed by atoms with Crippen LogP contribution in [-0.4, -0.2) is 44.1 Å². The standard InChI is InChI=1S/C7H15NO4S/c1-2-3-8-7(10)6-13(11,12)5-4-9/h9H,2-6H2,1H3,(H,8,10). The summed E-state index contributed by atoms with van der Waals surface area (Å²) in [6.45, 7) is 1.92. The van der Waals surface area contributed by atoms with Crippen LogP contribution in [-0.2, 0) is 14.6 Å². The highest BCUT2D eigenvalue weighted by Gasteiger charge is 2.14. The molecule has 0 spiro atoms. The Morgan fingerprint density at radius 2 is 2.08 bits per heavy atom. The first-order valence-electron chi connectivity index (χ1n) is 4.10.